The Hall–Kier alpha value is -3.41. The number of rotatable bonds is 7. The van der Waals surface area contributed by atoms with Gasteiger partial charge in [0, 0.05) is 36.6 Å². The minimum absolute atomic E-state index is 0.105. The predicted molar refractivity (Wildman–Crippen MR) is 122 cm³/mol. The maximum Gasteiger partial charge on any atom is 0.251 e. The van der Waals surface area contributed by atoms with Crippen molar-refractivity contribution in [3.8, 4) is 17.0 Å². The second kappa shape index (κ2) is 9.60. The topological polar surface area (TPSA) is 67.3 Å². The number of benzene rings is 2. The molecule has 1 aliphatic heterocycles. The number of anilines is 1. The molecule has 1 aliphatic rings. The third-order valence-corrected chi connectivity index (χ3v) is 5.54. The molecule has 3 aromatic rings. The van der Waals surface area contributed by atoms with Crippen LogP contribution in [0, 0.1) is 0 Å². The smallest absolute Gasteiger partial charge is 0.251 e. The van der Waals surface area contributed by atoms with Crippen LogP contribution in [0.15, 0.2) is 60.9 Å². The van der Waals surface area contributed by atoms with Crippen LogP contribution in [-0.4, -0.2) is 35.6 Å². The van der Waals surface area contributed by atoms with E-state index >= 15 is 0 Å². The fourth-order valence-corrected chi connectivity index (χ4v) is 3.86. The molecule has 1 fully saturated rings. The van der Waals surface area contributed by atoms with Gasteiger partial charge in [0.25, 0.3) is 5.91 Å². The quantitative estimate of drug-likeness (QED) is 0.608. The van der Waals surface area contributed by atoms with E-state index in [2.05, 4.69) is 20.2 Å². The Morgan fingerprint density at radius 1 is 1.03 bits per heavy atom. The van der Waals surface area contributed by atoms with E-state index in [-0.39, 0.29) is 11.9 Å². The molecule has 1 aromatic heterocycles. The summed E-state index contributed by atoms with van der Waals surface area (Å²) in [6.07, 6.45) is 5.82. The lowest BCUT2D eigenvalue weighted by Crippen LogP contribution is -2.26. The van der Waals surface area contributed by atoms with E-state index in [1.165, 1.54) is 12.8 Å². The second-order valence-electron chi connectivity index (χ2n) is 7.70. The van der Waals surface area contributed by atoms with E-state index in [0.29, 0.717) is 12.2 Å². The lowest BCUT2D eigenvalue weighted by atomic mass is 10.1. The van der Waals surface area contributed by atoms with Gasteiger partial charge in [0.05, 0.1) is 12.6 Å². The zero-order chi connectivity index (χ0) is 21.6. The van der Waals surface area contributed by atoms with E-state index in [9.17, 15) is 4.79 Å². The van der Waals surface area contributed by atoms with Gasteiger partial charge in [-0.2, -0.15) is 0 Å². The van der Waals surface area contributed by atoms with Crippen molar-refractivity contribution in [2.24, 2.45) is 0 Å². The van der Waals surface area contributed by atoms with Crippen molar-refractivity contribution in [3.63, 3.8) is 0 Å². The number of ether oxygens (including phenoxy) is 1. The Kier molecular flexibility index (Phi) is 6.46. The van der Waals surface area contributed by atoms with Crippen LogP contribution in [-0.2, 0) is 0 Å². The first kappa shape index (κ1) is 20.8. The second-order valence-corrected chi connectivity index (χ2v) is 7.70. The fourth-order valence-electron chi connectivity index (χ4n) is 3.86. The van der Waals surface area contributed by atoms with Gasteiger partial charge in [-0.1, -0.05) is 24.3 Å². The van der Waals surface area contributed by atoms with Crippen LogP contribution in [0.2, 0.25) is 0 Å². The van der Waals surface area contributed by atoms with Crippen LogP contribution in [0.5, 0.6) is 5.75 Å². The monoisotopic (exact) mass is 416 g/mol. The first-order valence-corrected chi connectivity index (χ1v) is 10.9. The van der Waals surface area contributed by atoms with Gasteiger partial charge in [-0.15, -0.1) is 0 Å². The first-order valence-electron chi connectivity index (χ1n) is 10.9. The van der Waals surface area contributed by atoms with Crippen molar-refractivity contribution in [3.05, 3.63) is 72.1 Å². The third-order valence-electron chi connectivity index (χ3n) is 5.54. The molecule has 6 nitrogen and oxygen atoms in total. The van der Waals surface area contributed by atoms with Gasteiger partial charge in [-0.05, 0) is 56.5 Å². The summed E-state index contributed by atoms with van der Waals surface area (Å²) in [5.41, 5.74) is 3.47. The van der Waals surface area contributed by atoms with Crippen molar-refractivity contribution in [1.29, 1.82) is 0 Å². The summed E-state index contributed by atoms with van der Waals surface area (Å²) < 4.78 is 5.48. The molecule has 2 heterocycles. The summed E-state index contributed by atoms with van der Waals surface area (Å²) in [5.74, 6) is 1.64. The maximum absolute atomic E-state index is 12.7. The number of amides is 1. The Morgan fingerprint density at radius 3 is 2.39 bits per heavy atom. The first-order chi connectivity index (χ1) is 15.2. The van der Waals surface area contributed by atoms with Gasteiger partial charge >= 0.3 is 0 Å². The highest BCUT2D eigenvalue weighted by Gasteiger charge is 2.19. The molecule has 0 spiro atoms. The summed E-state index contributed by atoms with van der Waals surface area (Å²) in [4.78, 5) is 24.2. The molecular formula is C25H28N4O2. The standard InChI is InChI=1S/C25H28N4O2/c1-3-31-22-12-10-19(11-13-22)18(2)28-25(30)21-8-6-20(7-9-21)23-24(27-15-14-26-23)29-16-4-5-17-29/h6-15,18H,3-5,16-17H2,1-2H3,(H,28,30)/t18-/m0/s1. The fraction of sp³-hybridized carbons (Fsp3) is 0.320. The summed E-state index contributed by atoms with van der Waals surface area (Å²) in [5, 5.41) is 3.06. The largest absolute Gasteiger partial charge is 0.494 e. The predicted octanol–water partition coefficient (Wildman–Crippen LogP) is 4.63. The molecule has 6 heteroatoms. The molecule has 1 atom stereocenters. The molecule has 0 unspecified atom stereocenters. The summed E-state index contributed by atoms with van der Waals surface area (Å²) >= 11 is 0. The summed E-state index contributed by atoms with van der Waals surface area (Å²) in [7, 11) is 0. The number of nitrogens with one attached hydrogen (secondary N) is 1. The highest BCUT2D eigenvalue weighted by atomic mass is 16.5. The molecule has 2 aromatic carbocycles. The van der Waals surface area contributed by atoms with Gasteiger partial charge in [0.1, 0.15) is 11.4 Å². The van der Waals surface area contributed by atoms with Crippen molar-refractivity contribution in [2.45, 2.75) is 32.7 Å². The zero-order valence-corrected chi connectivity index (χ0v) is 18.0. The number of carbonyl (C=O) groups is 1. The van der Waals surface area contributed by atoms with Gasteiger partial charge in [0.2, 0.25) is 0 Å². The minimum atomic E-state index is -0.107. The van der Waals surface area contributed by atoms with Crippen LogP contribution in [0.3, 0.4) is 0 Å². The Balaban J connectivity index is 1.45. The lowest BCUT2D eigenvalue weighted by molar-refractivity contribution is 0.0940. The molecule has 160 valence electrons. The molecule has 0 bridgehead atoms. The van der Waals surface area contributed by atoms with Crippen LogP contribution >= 0.6 is 0 Å². The van der Waals surface area contributed by atoms with Crippen LogP contribution in [0.25, 0.3) is 11.3 Å². The van der Waals surface area contributed by atoms with E-state index < -0.39 is 0 Å². The van der Waals surface area contributed by atoms with Gasteiger partial charge in [-0.3, -0.25) is 9.78 Å². The van der Waals surface area contributed by atoms with Crippen molar-refractivity contribution >= 4 is 11.7 Å². The third kappa shape index (κ3) is 4.85. The molecule has 4 rings (SSSR count). The van der Waals surface area contributed by atoms with Crippen molar-refractivity contribution in [2.75, 3.05) is 24.6 Å². The normalized spacial score (nSPS) is 14.3. The number of carbonyl (C=O) groups excluding carboxylic acids is 1. The Labute approximate surface area is 183 Å². The molecule has 31 heavy (non-hydrogen) atoms. The van der Waals surface area contributed by atoms with Crippen LogP contribution in [0.1, 0.15) is 48.7 Å². The highest BCUT2D eigenvalue weighted by molar-refractivity contribution is 5.95. The highest BCUT2D eigenvalue weighted by Crippen LogP contribution is 2.29. The average Bonchev–Trinajstić information content (AvgIpc) is 3.35. The number of hydrogen-bond donors (Lipinski definition) is 1. The number of aromatic nitrogens is 2. The minimum Gasteiger partial charge on any atom is -0.494 e. The molecule has 0 aliphatic carbocycles. The van der Waals surface area contributed by atoms with E-state index in [0.717, 1.165) is 41.5 Å². The van der Waals surface area contributed by atoms with Crippen molar-refractivity contribution in [1.82, 2.24) is 15.3 Å². The van der Waals surface area contributed by atoms with Gasteiger partial charge in [0.15, 0.2) is 5.82 Å². The molecule has 1 N–H and O–H groups in total. The lowest BCUT2D eigenvalue weighted by Gasteiger charge is -2.19. The maximum atomic E-state index is 12.7. The van der Waals surface area contributed by atoms with Gasteiger partial charge < -0.3 is 15.0 Å². The summed E-state index contributed by atoms with van der Waals surface area (Å²) in [6.45, 7) is 6.59. The Morgan fingerprint density at radius 2 is 1.71 bits per heavy atom. The molecule has 1 saturated heterocycles. The SMILES string of the molecule is CCOc1ccc([C@H](C)NC(=O)c2ccc(-c3nccnc3N3CCCC3)cc2)cc1. The summed E-state index contributed by atoms with van der Waals surface area (Å²) in [6, 6.07) is 15.3. The number of hydrogen-bond acceptors (Lipinski definition) is 5. The molecule has 0 saturated carbocycles. The molecule has 1 amide bonds. The van der Waals surface area contributed by atoms with Crippen molar-refractivity contribution < 1.29 is 9.53 Å². The van der Waals surface area contributed by atoms with Gasteiger partial charge in [-0.25, -0.2) is 4.98 Å². The van der Waals surface area contributed by atoms with Crippen LogP contribution < -0.4 is 15.0 Å². The average molecular weight is 417 g/mol. The van der Waals surface area contributed by atoms with E-state index in [1.807, 2.05) is 62.4 Å². The number of nitrogens with zero attached hydrogens (tertiary/aromatic N) is 3. The van der Waals surface area contributed by atoms with Crippen LogP contribution in [0.4, 0.5) is 5.82 Å². The molecule has 0 radical (unpaired) electrons. The zero-order valence-electron chi connectivity index (χ0n) is 18.0. The van der Waals surface area contributed by atoms with E-state index in [4.69, 9.17) is 4.74 Å². The Bertz CT molecular complexity index is 1010. The van der Waals surface area contributed by atoms with E-state index in [1.54, 1.807) is 12.4 Å². The molecular weight excluding hydrogens is 388 g/mol.